The lowest BCUT2D eigenvalue weighted by atomic mass is 9.83. The highest BCUT2D eigenvalue weighted by molar-refractivity contribution is 5.95. The van der Waals surface area contributed by atoms with Crippen molar-refractivity contribution in [2.45, 2.75) is 30.7 Å². The van der Waals surface area contributed by atoms with Gasteiger partial charge in [-0.05, 0) is 36.2 Å². The molecule has 3 saturated heterocycles. The van der Waals surface area contributed by atoms with Crippen molar-refractivity contribution in [1.29, 1.82) is 0 Å². The maximum atomic E-state index is 12.9. The van der Waals surface area contributed by atoms with E-state index < -0.39 is 0 Å². The highest BCUT2D eigenvalue weighted by atomic mass is 16.5. The number of hydrogen-bond acceptors (Lipinski definition) is 6. The van der Waals surface area contributed by atoms with E-state index in [-0.39, 0.29) is 29.6 Å². The number of aliphatic hydroxyl groups is 1. The van der Waals surface area contributed by atoms with Crippen molar-refractivity contribution in [1.82, 2.24) is 14.7 Å². The molecule has 168 valence electrons. The Kier molecular flexibility index (Phi) is 5.49. The van der Waals surface area contributed by atoms with Gasteiger partial charge in [0.05, 0.1) is 24.3 Å². The van der Waals surface area contributed by atoms with Crippen molar-refractivity contribution in [2.24, 2.45) is 0 Å². The number of nitrogens with zero attached hydrogens (tertiary/aromatic N) is 3. The molecule has 0 unspecified atom stereocenters. The molecule has 2 atom stereocenters. The fourth-order valence-electron chi connectivity index (χ4n) is 5.66. The number of amides is 1. The van der Waals surface area contributed by atoms with Crippen LogP contribution in [0.3, 0.4) is 0 Å². The molecule has 7 heteroatoms. The van der Waals surface area contributed by atoms with Gasteiger partial charge in [-0.3, -0.25) is 14.6 Å². The summed E-state index contributed by atoms with van der Waals surface area (Å²) in [5.74, 6) is -0.267. The van der Waals surface area contributed by atoms with Gasteiger partial charge in [-0.25, -0.2) is 4.79 Å². The van der Waals surface area contributed by atoms with Crippen LogP contribution >= 0.6 is 0 Å². The molecule has 1 spiro atoms. The number of carbonyl (C=O) groups is 2. The highest BCUT2D eigenvalue weighted by Gasteiger charge is 2.57. The Morgan fingerprint density at radius 1 is 1.03 bits per heavy atom. The fraction of sp³-hybridized carbons (Fsp3) is 0.440. The van der Waals surface area contributed by atoms with Crippen LogP contribution in [0.25, 0.3) is 0 Å². The molecule has 32 heavy (non-hydrogen) atoms. The largest absolute Gasteiger partial charge is 0.465 e. The van der Waals surface area contributed by atoms with Gasteiger partial charge in [-0.1, -0.05) is 30.3 Å². The summed E-state index contributed by atoms with van der Waals surface area (Å²) in [7, 11) is 1.39. The van der Waals surface area contributed by atoms with E-state index in [0.717, 1.165) is 31.6 Å². The number of likely N-dealkylation sites (tertiary alicyclic amines) is 1. The predicted octanol–water partition coefficient (Wildman–Crippen LogP) is 1.62. The summed E-state index contributed by atoms with van der Waals surface area (Å²) < 4.78 is 4.86. The molecule has 0 aliphatic carbocycles. The van der Waals surface area contributed by atoms with Crippen LogP contribution in [0.4, 0.5) is 0 Å². The summed E-state index contributed by atoms with van der Waals surface area (Å²) in [5, 5.41) is 10.4. The van der Waals surface area contributed by atoms with Crippen molar-refractivity contribution in [3.05, 3.63) is 71.3 Å². The van der Waals surface area contributed by atoms with E-state index >= 15 is 0 Å². The highest BCUT2D eigenvalue weighted by Crippen LogP contribution is 2.39. The summed E-state index contributed by atoms with van der Waals surface area (Å²) in [4.78, 5) is 31.6. The quantitative estimate of drug-likeness (QED) is 0.736. The monoisotopic (exact) mass is 435 g/mol. The lowest BCUT2D eigenvalue weighted by Gasteiger charge is -2.61. The Hall–Kier alpha value is -2.74. The van der Waals surface area contributed by atoms with E-state index in [2.05, 4.69) is 9.80 Å². The number of methoxy groups -OCH3 is 1. The average molecular weight is 436 g/mol. The number of benzene rings is 2. The zero-order valence-corrected chi connectivity index (χ0v) is 18.3. The third-order valence-corrected chi connectivity index (χ3v) is 7.02. The lowest BCUT2D eigenvalue weighted by molar-refractivity contribution is -0.102. The van der Waals surface area contributed by atoms with Gasteiger partial charge in [0.2, 0.25) is 0 Å². The maximum absolute atomic E-state index is 12.9. The first kappa shape index (κ1) is 21.1. The molecular weight excluding hydrogens is 406 g/mol. The van der Waals surface area contributed by atoms with E-state index in [1.807, 2.05) is 53.4 Å². The fourth-order valence-corrected chi connectivity index (χ4v) is 5.66. The number of ether oxygens (including phenoxy) is 1. The minimum atomic E-state index is -0.332. The van der Waals surface area contributed by atoms with Gasteiger partial charge in [0.1, 0.15) is 0 Å². The molecule has 1 N–H and O–H groups in total. The minimum absolute atomic E-state index is 0.0652. The van der Waals surface area contributed by atoms with Crippen molar-refractivity contribution in [3.63, 3.8) is 0 Å². The summed E-state index contributed by atoms with van der Waals surface area (Å²) in [6.07, 6.45) is 0.436. The first-order valence-electron chi connectivity index (χ1n) is 11.2. The van der Waals surface area contributed by atoms with Crippen LogP contribution in [0.2, 0.25) is 0 Å². The second-order valence-electron chi connectivity index (χ2n) is 9.31. The summed E-state index contributed by atoms with van der Waals surface area (Å²) >= 11 is 0. The molecule has 2 aromatic rings. The average Bonchev–Trinajstić information content (AvgIpc) is 3.17. The number of carbonyl (C=O) groups excluding carboxylic acids is 2. The van der Waals surface area contributed by atoms with Crippen LogP contribution in [0, 0.1) is 0 Å². The molecule has 5 rings (SSSR count). The third kappa shape index (κ3) is 3.81. The predicted molar refractivity (Wildman–Crippen MR) is 119 cm³/mol. The summed E-state index contributed by atoms with van der Waals surface area (Å²) in [6, 6.07) is 17.3. The molecule has 0 aromatic heterocycles. The Bertz CT molecular complexity index is 1010. The molecular formula is C25H29N3O4. The number of rotatable bonds is 4. The van der Waals surface area contributed by atoms with Gasteiger partial charge in [0.25, 0.3) is 5.91 Å². The third-order valence-electron chi connectivity index (χ3n) is 7.02. The zero-order chi connectivity index (χ0) is 22.3. The van der Waals surface area contributed by atoms with Crippen LogP contribution in [-0.2, 0) is 11.3 Å². The van der Waals surface area contributed by atoms with Crippen molar-refractivity contribution < 1.29 is 19.4 Å². The first-order chi connectivity index (χ1) is 15.5. The maximum Gasteiger partial charge on any atom is 0.337 e. The molecule has 3 aliphatic rings. The van der Waals surface area contributed by atoms with E-state index in [0.29, 0.717) is 30.8 Å². The topological polar surface area (TPSA) is 73.3 Å². The lowest BCUT2D eigenvalue weighted by Crippen LogP contribution is -2.78. The normalized spacial score (nSPS) is 24.8. The van der Waals surface area contributed by atoms with Gasteiger partial charge in [0, 0.05) is 50.9 Å². The molecule has 3 fully saturated rings. The van der Waals surface area contributed by atoms with Crippen LogP contribution in [0.5, 0.6) is 0 Å². The second-order valence-corrected chi connectivity index (χ2v) is 9.31. The number of β-amino-alcohol motifs (C(OH)–C–C–N with tert-alkyl or cyclic N) is 1. The van der Waals surface area contributed by atoms with Crippen LogP contribution < -0.4 is 0 Å². The Morgan fingerprint density at radius 2 is 1.78 bits per heavy atom. The number of hydrogen-bond donors (Lipinski definition) is 1. The Balaban J connectivity index is 1.32. The minimum Gasteiger partial charge on any atom is -0.465 e. The molecule has 2 aromatic carbocycles. The molecule has 3 heterocycles. The smallest absolute Gasteiger partial charge is 0.337 e. The van der Waals surface area contributed by atoms with Crippen molar-refractivity contribution in [2.75, 3.05) is 39.8 Å². The zero-order valence-electron chi connectivity index (χ0n) is 18.3. The Morgan fingerprint density at radius 3 is 2.53 bits per heavy atom. The van der Waals surface area contributed by atoms with Gasteiger partial charge in [-0.15, -0.1) is 0 Å². The van der Waals surface area contributed by atoms with Gasteiger partial charge < -0.3 is 14.7 Å². The van der Waals surface area contributed by atoms with Gasteiger partial charge >= 0.3 is 5.97 Å². The molecule has 0 saturated carbocycles. The van der Waals surface area contributed by atoms with Crippen molar-refractivity contribution in [3.8, 4) is 0 Å². The molecule has 3 aliphatic heterocycles. The van der Waals surface area contributed by atoms with Gasteiger partial charge in [-0.2, -0.15) is 0 Å². The summed E-state index contributed by atoms with van der Waals surface area (Å²) in [6.45, 7) is 4.43. The molecule has 7 nitrogen and oxygen atoms in total. The summed E-state index contributed by atoms with van der Waals surface area (Å²) in [5.41, 5.74) is 2.20. The first-order valence-corrected chi connectivity index (χ1v) is 11.2. The van der Waals surface area contributed by atoms with Crippen LogP contribution in [0.15, 0.2) is 54.6 Å². The number of aliphatic hydroxyl groups excluding tert-OH is 1. The van der Waals surface area contributed by atoms with E-state index in [1.54, 1.807) is 6.07 Å². The number of esters is 1. The molecule has 0 radical (unpaired) electrons. The second kappa shape index (κ2) is 8.31. The van der Waals surface area contributed by atoms with Gasteiger partial charge in [0.15, 0.2) is 0 Å². The SMILES string of the molecule is COC(=O)c1cccc(CN2C[C@@H]3C[C@@H](O)CN3C3(C2)CN(C(=O)c2ccccc2)C3)c1. The van der Waals surface area contributed by atoms with E-state index in [4.69, 9.17) is 4.74 Å². The van der Waals surface area contributed by atoms with Crippen molar-refractivity contribution >= 4 is 11.9 Å². The Labute approximate surface area is 188 Å². The van der Waals surface area contributed by atoms with E-state index in [1.165, 1.54) is 7.11 Å². The number of fused-ring (bicyclic) bond motifs is 2. The number of piperazine rings is 1. The van der Waals surface area contributed by atoms with E-state index in [9.17, 15) is 14.7 Å². The van der Waals surface area contributed by atoms with Crippen LogP contribution in [-0.4, -0.2) is 89.2 Å². The van der Waals surface area contributed by atoms with Crippen LogP contribution in [0.1, 0.15) is 32.7 Å². The molecule has 1 amide bonds. The standard InChI is InChI=1S/C25H29N3O4/c1-32-24(31)20-9-5-6-18(10-20)12-26-13-21-11-22(29)14-28(21)25(15-26)16-27(17-25)23(30)19-7-3-2-4-8-19/h2-10,21-22,29H,11-17H2,1H3/t21-,22+/m0/s1. The molecule has 0 bridgehead atoms.